The average Bonchev–Trinajstić information content (AvgIpc) is 2.53. The maximum atomic E-state index is 5.93. The summed E-state index contributed by atoms with van der Waals surface area (Å²) < 4.78 is 1.94. The Balaban J connectivity index is 2.46. The van der Waals surface area contributed by atoms with Crippen LogP contribution >= 0.6 is 0 Å². The Morgan fingerprint density at radius 1 is 1.58 bits per heavy atom. The summed E-state index contributed by atoms with van der Waals surface area (Å²) in [5.41, 5.74) is 8.17. The van der Waals surface area contributed by atoms with Crippen molar-refractivity contribution in [2.75, 3.05) is 0 Å². The second-order valence-electron chi connectivity index (χ2n) is 3.60. The van der Waals surface area contributed by atoms with Gasteiger partial charge < -0.3 is 5.73 Å². The highest BCUT2D eigenvalue weighted by atomic mass is 15.4. The highest BCUT2D eigenvalue weighted by Crippen LogP contribution is 2.28. The monoisotopic (exact) mass is 166 g/mol. The molecule has 0 aromatic carbocycles. The Morgan fingerprint density at radius 3 is 3.00 bits per heavy atom. The molecule has 1 aliphatic carbocycles. The molecule has 66 valence electrons. The van der Waals surface area contributed by atoms with Crippen molar-refractivity contribution in [3.05, 3.63) is 11.4 Å². The number of hydrogen-bond donors (Lipinski definition) is 1. The Hall–Kier alpha value is -0.900. The van der Waals surface area contributed by atoms with Crippen LogP contribution in [0.3, 0.4) is 0 Å². The van der Waals surface area contributed by atoms with Crippen LogP contribution in [-0.2, 0) is 6.42 Å². The Kier molecular flexibility index (Phi) is 1.65. The fourth-order valence-electron chi connectivity index (χ4n) is 1.71. The van der Waals surface area contributed by atoms with Gasteiger partial charge in [-0.2, -0.15) is 0 Å². The molecule has 0 amide bonds. The van der Waals surface area contributed by atoms with Gasteiger partial charge in [0.2, 0.25) is 0 Å². The van der Waals surface area contributed by atoms with Crippen LogP contribution in [0.15, 0.2) is 0 Å². The molecule has 0 radical (unpaired) electrons. The van der Waals surface area contributed by atoms with Crippen molar-refractivity contribution in [1.82, 2.24) is 15.0 Å². The van der Waals surface area contributed by atoms with E-state index >= 15 is 0 Å². The summed E-state index contributed by atoms with van der Waals surface area (Å²) in [6.07, 6.45) is 2.01. The van der Waals surface area contributed by atoms with Crippen LogP contribution in [0.5, 0.6) is 0 Å². The van der Waals surface area contributed by atoms with Crippen molar-refractivity contribution in [2.24, 2.45) is 5.73 Å². The second-order valence-corrected chi connectivity index (χ2v) is 3.60. The first-order valence-electron chi connectivity index (χ1n) is 4.39. The number of rotatable bonds is 1. The summed E-state index contributed by atoms with van der Waals surface area (Å²) in [5, 5.41) is 8.18. The molecule has 0 fully saturated rings. The highest BCUT2D eigenvalue weighted by Gasteiger charge is 2.26. The molecular weight excluding hydrogens is 152 g/mol. The van der Waals surface area contributed by atoms with Crippen LogP contribution in [0, 0.1) is 0 Å². The molecular formula is C8H14N4. The van der Waals surface area contributed by atoms with E-state index in [9.17, 15) is 0 Å². The van der Waals surface area contributed by atoms with Crippen LogP contribution in [-0.4, -0.2) is 15.0 Å². The van der Waals surface area contributed by atoms with E-state index in [1.165, 1.54) is 0 Å². The fraction of sp³-hybridized carbons (Fsp3) is 0.750. The molecule has 12 heavy (non-hydrogen) atoms. The third-order valence-electron chi connectivity index (χ3n) is 2.34. The van der Waals surface area contributed by atoms with Crippen LogP contribution in [0.4, 0.5) is 0 Å². The van der Waals surface area contributed by atoms with E-state index < -0.39 is 0 Å². The van der Waals surface area contributed by atoms with Crippen LogP contribution < -0.4 is 5.73 Å². The molecule has 2 rings (SSSR count). The lowest BCUT2D eigenvalue weighted by molar-refractivity contribution is 0.473. The minimum absolute atomic E-state index is 0.150. The summed E-state index contributed by atoms with van der Waals surface area (Å²) in [6, 6.07) is 0.516. The lowest BCUT2D eigenvalue weighted by Crippen LogP contribution is -2.15. The van der Waals surface area contributed by atoms with E-state index in [0.29, 0.717) is 6.04 Å². The number of fused-ring (bicyclic) bond motifs is 1. The molecule has 1 unspecified atom stereocenters. The van der Waals surface area contributed by atoms with Crippen molar-refractivity contribution in [2.45, 2.75) is 38.8 Å². The second kappa shape index (κ2) is 2.55. The SMILES string of the molecule is CC(C)n1nnc2c1C(N)CC2. The quantitative estimate of drug-likeness (QED) is 0.671. The van der Waals surface area contributed by atoms with Crippen LogP contribution in [0.1, 0.15) is 43.7 Å². The number of nitrogens with two attached hydrogens (primary N) is 1. The molecule has 1 atom stereocenters. The van der Waals surface area contributed by atoms with Crippen molar-refractivity contribution in [3.63, 3.8) is 0 Å². The zero-order chi connectivity index (χ0) is 8.72. The average molecular weight is 166 g/mol. The fourth-order valence-corrected chi connectivity index (χ4v) is 1.71. The Bertz CT molecular complexity index is 289. The van der Waals surface area contributed by atoms with Crippen molar-refractivity contribution >= 4 is 0 Å². The van der Waals surface area contributed by atoms with Gasteiger partial charge in [0.25, 0.3) is 0 Å². The molecule has 0 saturated heterocycles. The normalized spacial score (nSPS) is 21.8. The van der Waals surface area contributed by atoms with Gasteiger partial charge in [0, 0.05) is 12.1 Å². The summed E-state index contributed by atoms with van der Waals surface area (Å²) >= 11 is 0. The smallest absolute Gasteiger partial charge is 0.0876 e. The summed E-state index contributed by atoms with van der Waals surface area (Å²) in [4.78, 5) is 0. The zero-order valence-corrected chi connectivity index (χ0v) is 7.49. The molecule has 4 nitrogen and oxygen atoms in total. The Labute approximate surface area is 71.8 Å². The number of nitrogens with zero attached hydrogens (tertiary/aromatic N) is 3. The van der Waals surface area contributed by atoms with E-state index in [1.54, 1.807) is 0 Å². The summed E-state index contributed by atoms with van der Waals surface area (Å²) in [7, 11) is 0. The van der Waals surface area contributed by atoms with E-state index in [-0.39, 0.29) is 6.04 Å². The van der Waals surface area contributed by atoms with Gasteiger partial charge >= 0.3 is 0 Å². The molecule has 0 spiro atoms. The molecule has 0 aliphatic heterocycles. The molecule has 1 heterocycles. The zero-order valence-electron chi connectivity index (χ0n) is 7.49. The maximum Gasteiger partial charge on any atom is 0.0876 e. The molecule has 2 N–H and O–H groups in total. The molecule has 1 aliphatic rings. The third-order valence-corrected chi connectivity index (χ3v) is 2.34. The maximum absolute atomic E-state index is 5.93. The Morgan fingerprint density at radius 2 is 2.33 bits per heavy atom. The molecule has 1 aromatic heterocycles. The van der Waals surface area contributed by atoms with E-state index in [0.717, 1.165) is 24.2 Å². The topological polar surface area (TPSA) is 56.7 Å². The van der Waals surface area contributed by atoms with Gasteiger partial charge in [0.15, 0.2) is 0 Å². The predicted molar refractivity (Wildman–Crippen MR) is 45.7 cm³/mol. The summed E-state index contributed by atoms with van der Waals surface area (Å²) in [5.74, 6) is 0. The van der Waals surface area contributed by atoms with E-state index in [4.69, 9.17) is 5.73 Å². The van der Waals surface area contributed by atoms with E-state index in [1.807, 2.05) is 4.68 Å². The van der Waals surface area contributed by atoms with Crippen molar-refractivity contribution in [1.29, 1.82) is 0 Å². The summed E-state index contributed by atoms with van der Waals surface area (Å²) in [6.45, 7) is 4.19. The van der Waals surface area contributed by atoms with Gasteiger partial charge in [-0.05, 0) is 26.7 Å². The van der Waals surface area contributed by atoms with Crippen LogP contribution in [0.25, 0.3) is 0 Å². The molecule has 4 heteroatoms. The van der Waals surface area contributed by atoms with Crippen molar-refractivity contribution < 1.29 is 0 Å². The first kappa shape index (κ1) is 7.73. The van der Waals surface area contributed by atoms with Gasteiger partial charge in [-0.25, -0.2) is 4.68 Å². The lowest BCUT2D eigenvalue weighted by Gasteiger charge is -2.10. The number of aryl methyl sites for hydroxylation is 1. The molecule has 1 aromatic rings. The predicted octanol–water partition coefficient (Wildman–Crippen LogP) is 0.805. The van der Waals surface area contributed by atoms with Crippen molar-refractivity contribution in [3.8, 4) is 0 Å². The van der Waals surface area contributed by atoms with Crippen LogP contribution in [0.2, 0.25) is 0 Å². The number of hydrogen-bond acceptors (Lipinski definition) is 3. The third kappa shape index (κ3) is 0.948. The first-order valence-corrected chi connectivity index (χ1v) is 4.39. The van der Waals surface area contributed by atoms with Gasteiger partial charge in [-0.3, -0.25) is 0 Å². The minimum atomic E-state index is 0.150. The van der Waals surface area contributed by atoms with Gasteiger partial charge in [-0.15, -0.1) is 5.10 Å². The van der Waals surface area contributed by atoms with Gasteiger partial charge in [0.05, 0.1) is 11.4 Å². The first-order chi connectivity index (χ1) is 5.70. The largest absolute Gasteiger partial charge is 0.323 e. The molecule has 0 saturated carbocycles. The van der Waals surface area contributed by atoms with E-state index in [2.05, 4.69) is 24.2 Å². The van der Waals surface area contributed by atoms with Gasteiger partial charge in [-0.1, -0.05) is 5.21 Å². The number of aromatic nitrogens is 3. The van der Waals surface area contributed by atoms with Gasteiger partial charge in [0.1, 0.15) is 0 Å². The lowest BCUT2D eigenvalue weighted by atomic mass is 10.2. The standard InChI is InChI=1S/C8H14N4/c1-5(2)12-8-6(9)3-4-7(8)10-11-12/h5-6H,3-4,9H2,1-2H3. The minimum Gasteiger partial charge on any atom is -0.323 e. The molecule has 0 bridgehead atoms. The highest BCUT2D eigenvalue weighted by molar-refractivity contribution is 5.20.